The monoisotopic (exact) mass is 546 g/mol. The van der Waals surface area contributed by atoms with E-state index in [1.807, 2.05) is 41.5 Å². The number of thioether (sulfide) groups is 1. The zero-order valence-electron chi connectivity index (χ0n) is 20.4. The summed E-state index contributed by atoms with van der Waals surface area (Å²) in [5.41, 5.74) is 0.955. The molecule has 1 amide bonds. The number of benzene rings is 2. The van der Waals surface area contributed by atoms with Crippen molar-refractivity contribution in [1.29, 1.82) is 0 Å². The number of thiazole rings is 1. The molecule has 36 heavy (non-hydrogen) atoms. The first-order valence-electron chi connectivity index (χ1n) is 12.0. The van der Waals surface area contributed by atoms with Gasteiger partial charge in [0.15, 0.2) is 5.13 Å². The number of ether oxygens (including phenoxy) is 1. The number of carbonyl (C=O) groups excluding carboxylic acids is 1. The maximum atomic E-state index is 13.2. The average molecular weight is 547 g/mol. The van der Waals surface area contributed by atoms with Crippen molar-refractivity contribution in [3.63, 3.8) is 0 Å². The van der Waals surface area contributed by atoms with Crippen molar-refractivity contribution < 1.29 is 17.9 Å². The summed E-state index contributed by atoms with van der Waals surface area (Å²) in [6, 6.07) is 13.0. The molecule has 0 atom stereocenters. The van der Waals surface area contributed by atoms with Gasteiger partial charge in [-0.25, -0.2) is 13.4 Å². The van der Waals surface area contributed by atoms with Crippen LogP contribution < -0.4 is 9.64 Å². The quantitative estimate of drug-likeness (QED) is 0.435. The third kappa shape index (κ3) is 4.93. The van der Waals surface area contributed by atoms with Crippen LogP contribution in [0.15, 0.2) is 52.3 Å². The number of hydrogen-bond donors (Lipinski definition) is 0. The SMILES string of the molecule is COc1ccc2nc(N3CCN(C(=O)C4CCN(S(=O)(=O)c5ccccc5SC)CC4)CC3)sc2c1. The second kappa shape index (κ2) is 10.6. The number of nitrogens with zero attached hydrogens (tertiary/aromatic N) is 4. The van der Waals surface area contributed by atoms with Crippen LogP contribution in [0.3, 0.4) is 0 Å². The number of carbonyl (C=O) groups is 1. The molecule has 1 aromatic heterocycles. The standard InChI is InChI=1S/C25H30N4O4S3/c1-33-19-7-8-20-22(17-19)35-25(26-20)28-15-13-27(14-16-28)24(30)18-9-11-29(12-10-18)36(31,32)23-6-4-3-5-21(23)34-2/h3-8,17-18H,9-16H2,1-2H3. The molecule has 0 spiro atoms. The molecule has 0 saturated carbocycles. The molecular formula is C25H30N4O4S3. The van der Waals surface area contributed by atoms with Gasteiger partial charge in [0.2, 0.25) is 15.9 Å². The van der Waals surface area contributed by atoms with Gasteiger partial charge in [0.1, 0.15) is 5.75 Å². The molecule has 2 aromatic carbocycles. The molecule has 11 heteroatoms. The maximum Gasteiger partial charge on any atom is 0.244 e. The van der Waals surface area contributed by atoms with Gasteiger partial charge in [-0.15, -0.1) is 11.8 Å². The van der Waals surface area contributed by atoms with Crippen LogP contribution in [0.25, 0.3) is 10.2 Å². The van der Waals surface area contributed by atoms with Crippen molar-refractivity contribution in [2.24, 2.45) is 5.92 Å². The van der Waals surface area contributed by atoms with Gasteiger partial charge >= 0.3 is 0 Å². The van der Waals surface area contributed by atoms with E-state index < -0.39 is 10.0 Å². The Hall–Kier alpha value is -2.34. The summed E-state index contributed by atoms with van der Waals surface area (Å²) in [5.74, 6) is 0.833. The van der Waals surface area contributed by atoms with Gasteiger partial charge in [0, 0.05) is 50.1 Å². The van der Waals surface area contributed by atoms with Crippen LogP contribution >= 0.6 is 23.1 Å². The van der Waals surface area contributed by atoms with Crippen LogP contribution in [-0.2, 0) is 14.8 Å². The predicted octanol–water partition coefficient (Wildman–Crippen LogP) is 3.78. The van der Waals surface area contributed by atoms with Gasteiger partial charge < -0.3 is 14.5 Å². The lowest BCUT2D eigenvalue weighted by atomic mass is 9.96. The minimum atomic E-state index is -3.57. The molecule has 192 valence electrons. The molecule has 0 unspecified atom stereocenters. The number of piperidine rings is 1. The fourth-order valence-corrected chi connectivity index (χ4v) is 8.48. The number of sulfonamides is 1. The van der Waals surface area contributed by atoms with Gasteiger partial charge in [-0.2, -0.15) is 4.31 Å². The molecule has 0 N–H and O–H groups in total. The minimum absolute atomic E-state index is 0.131. The first kappa shape index (κ1) is 25.3. The third-order valence-electron chi connectivity index (χ3n) is 6.94. The molecule has 8 nitrogen and oxygen atoms in total. The zero-order valence-corrected chi connectivity index (χ0v) is 22.9. The summed E-state index contributed by atoms with van der Waals surface area (Å²) >= 11 is 3.07. The summed E-state index contributed by atoms with van der Waals surface area (Å²) < 4.78 is 34.4. The number of rotatable bonds is 6. The van der Waals surface area contributed by atoms with Crippen molar-refractivity contribution in [2.45, 2.75) is 22.6 Å². The molecule has 2 aliphatic heterocycles. The Morgan fingerprint density at radius 2 is 1.78 bits per heavy atom. The van der Waals surface area contributed by atoms with Crippen LogP contribution in [0.4, 0.5) is 5.13 Å². The fraction of sp³-hybridized carbons (Fsp3) is 0.440. The predicted molar refractivity (Wildman–Crippen MR) is 145 cm³/mol. The smallest absolute Gasteiger partial charge is 0.244 e. The van der Waals surface area contributed by atoms with Gasteiger partial charge in [0.05, 0.1) is 22.2 Å². The lowest BCUT2D eigenvalue weighted by Gasteiger charge is -2.38. The average Bonchev–Trinajstić information content (AvgIpc) is 3.36. The maximum absolute atomic E-state index is 13.2. The fourth-order valence-electron chi connectivity index (χ4n) is 4.85. The Morgan fingerprint density at radius 3 is 2.47 bits per heavy atom. The Bertz CT molecular complexity index is 1340. The highest BCUT2D eigenvalue weighted by Crippen LogP contribution is 2.33. The Labute approximate surface area is 220 Å². The molecule has 2 fully saturated rings. The zero-order chi connectivity index (χ0) is 25.3. The Morgan fingerprint density at radius 1 is 1.06 bits per heavy atom. The van der Waals surface area contributed by atoms with Crippen LogP contribution in [0.1, 0.15) is 12.8 Å². The number of aromatic nitrogens is 1. The van der Waals surface area contributed by atoms with Gasteiger partial charge in [-0.3, -0.25) is 4.79 Å². The number of hydrogen-bond acceptors (Lipinski definition) is 8. The summed E-state index contributed by atoms with van der Waals surface area (Å²) in [6.45, 7) is 3.52. The third-order valence-corrected chi connectivity index (χ3v) is 10.9. The highest BCUT2D eigenvalue weighted by atomic mass is 32.2. The van der Waals surface area contributed by atoms with Crippen LogP contribution in [0, 0.1) is 5.92 Å². The molecule has 3 aromatic rings. The van der Waals surface area contributed by atoms with E-state index in [2.05, 4.69) is 4.90 Å². The summed E-state index contributed by atoms with van der Waals surface area (Å²) in [7, 11) is -1.91. The number of amides is 1. The highest BCUT2D eigenvalue weighted by molar-refractivity contribution is 7.99. The topological polar surface area (TPSA) is 83.1 Å². The van der Waals surface area contributed by atoms with Crippen molar-refractivity contribution in [2.75, 3.05) is 57.5 Å². The van der Waals surface area contributed by atoms with E-state index in [4.69, 9.17) is 9.72 Å². The summed E-state index contributed by atoms with van der Waals surface area (Å²) in [4.78, 5) is 23.3. The van der Waals surface area contributed by atoms with Gasteiger partial charge in [-0.1, -0.05) is 23.5 Å². The number of methoxy groups -OCH3 is 1. The van der Waals surface area contributed by atoms with Crippen molar-refractivity contribution in [1.82, 2.24) is 14.2 Å². The van der Waals surface area contributed by atoms with Crippen LogP contribution in [0.2, 0.25) is 0 Å². The van der Waals surface area contributed by atoms with Crippen LogP contribution in [0.5, 0.6) is 5.75 Å². The van der Waals surface area contributed by atoms with E-state index in [0.717, 1.165) is 39.1 Å². The van der Waals surface area contributed by atoms with E-state index in [-0.39, 0.29) is 11.8 Å². The van der Waals surface area contributed by atoms with Crippen molar-refractivity contribution >= 4 is 54.4 Å². The lowest BCUT2D eigenvalue weighted by Crippen LogP contribution is -2.52. The summed E-state index contributed by atoms with van der Waals surface area (Å²) in [6.07, 6.45) is 2.99. The number of piperazine rings is 1. The van der Waals surface area contributed by atoms with Gasteiger partial charge in [-0.05, 0) is 49.4 Å². The molecule has 3 heterocycles. The second-order valence-electron chi connectivity index (χ2n) is 8.97. The van der Waals surface area contributed by atoms with E-state index in [0.29, 0.717) is 43.9 Å². The van der Waals surface area contributed by atoms with Crippen LogP contribution in [-0.4, -0.2) is 81.1 Å². The van der Waals surface area contributed by atoms with E-state index >= 15 is 0 Å². The first-order valence-corrected chi connectivity index (χ1v) is 15.5. The van der Waals surface area contributed by atoms with Crippen molar-refractivity contribution in [3.05, 3.63) is 42.5 Å². The number of anilines is 1. The molecule has 0 bridgehead atoms. The lowest BCUT2D eigenvalue weighted by molar-refractivity contribution is -0.137. The second-order valence-corrected chi connectivity index (χ2v) is 12.7. The minimum Gasteiger partial charge on any atom is -0.497 e. The highest BCUT2D eigenvalue weighted by Gasteiger charge is 2.35. The van der Waals surface area contributed by atoms with E-state index in [9.17, 15) is 13.2 Å². The molecule has 2 saturated heterocycles. The summed E-state index contributed by atoms with van der Waals surface area (Å²) in [5, 5.41) is 0.967. The molecular weight excluding hydrogens is 517 g/mol. The molecule has 0 aliphatic carbocycles. The normalized spacial score (nSPS) is 18.1. The Balaban J connectivity index is 1.17. The molecule has 2 aliphatic rings. The molecule has 0 radical (unpaired) electrons. The van der Waals surface area contributed by atoms with Crippen molar-refractivity contribution in [3.8, 4) is 5.75 Å². The largest absolute Gasteiger partial charge is 0.497 e. The van der Waals surface area contributed by atoms with Gasteiger partial charge in [0.25, 0.3) is 0 Å². The van der Waals surface area contributed by atoms with E-state index in [1.54, 1.807) is 30.6 Å². The first-order chi connectivity index (χ1) is 17.4. The van der Waals surface area contributed by atoms with E-state index in [1.165, 1.54) is 16.1 Å². The molecule has 5 rings (SSSR count). The number of fused-ring (bicyclic) bond motifs is 1. The Kier molecular flexibility index (Phi) is 7.43.